The zero-order valence-electron chi connectivity index (χ0n) is 9.39. The Hall–Kier alpha value is -1.14. The molecule has 1 heterocycles. The molecule has 0 amide bonds. The molecule has 1 aromatic carbocycles. The van der Waals surface area contributed by atoms with Crippen molar-refractivity contribution in [3.05, 3.63) is 24.0 Å². The number of piperidine rings is 1. The van der Waals surface area contributed by atoms with E-state index in [1.807, 2.05) is 4.90 Å². The topological polar surface area (TPSA) is 63.4 Å². The summed E-state index contributed by atoms with van der Waals surface area (Å²) in [6, 6.07) is 3.59. The predicted molar refractivity (Wildman–Crippen MR) is 63.8 cm³/mol. The second-order valence-corrected chi connectivity index (χ2v) is 5.73. The maximum absolute atomic E-state index is 13.2. The van der Waals surface area contributed by atoms with Crippen molar-refractivity contribution in [1.29, 1.82) is 0 Å². The Kier molecular flexibility index (Phi) is 3.35. The molecule has 2 rings (SSSR count). The van der Waals surface area contributed by atoms with E-state index in [4.69, 9.17) is 5.14 Å². The number of rotatable bonds is 2. The van der Waals surface area contributed by atoms with Gasteiger partial charge in [0, 0.05) is 13.1 Å². The SMILES string of the molecule is NS(=O)(=O)c1ccc(F)cc1N1CCCCC1. The number of nitrogens with zero attached hydrogens (tertiary/aromatic N) is 1. The molecule has 1 fully saturated rings. The highest BCUT2D eigenvalue weighted by Gasteiger charge is 2.20. The van der Waals surface area contributed by atoms with Crippen molar-refractivity contribution >= 4 is 15.7 Å². The third-order valence-corrected chi connectivity index (χ3v) is 3.88. The Morgan fingerprint density at radius 2 is 1.82 bits per heavy atom. The molecule has 0 bridgehead atoms. The third kappa shape index (κ3) is 2.76. The van der Waals surface area contributed by atoms with E-state index in [1.54, 1.807) is 0 Å². The van der Waals surface area contributed by atoms with Crippen LogP contribution in [-0.4, -0.2) is 21.5 Å². The fourth-order valence-corrected chi connectivity index (χ4v) is 2.85. The average molecular weight is 258 g/mol. The van der Waals surface area contributed by atoms with Gasteiger partial charge in [0.15, 0.2) is 0 Å². The number of hydrogen-bond donors (Lipinski definition) is 1. The first kappa shape index (κ1) is 12.3. The van der Waals surface area contributed by atoms with Gasteiger partial charge in [-0.25, -0.2) is 17.9 Å². The molecule has 1 aliphatic heterocycles. The molecule has 0 radical (unpaired) electrons. The van der Waals surface area contributed by atoms with Gasteiger partial charge in [0.2, 0.25) is 10.0 Å². The Bertz CT molecular complexity index is 510. The van der Waals surface area contributed by atoms with Crippen molar-refractivity contribution in [3.8, 4) is 0 Å². The van der Waals surface area contributed by atoms with Crippen molar-refractivity contribution in [3.63, 3.8) is 0 Å². The molecule has 0 saturated carbocycles. The Labute approximate surface area is 100 Å². The van der Waals surface area contributed by atoms with Gasteiger partial charge in [-0.3, -0.25) is 0 Å². The lowest BCUT2D eigenvalue weighted by Gasteiger charge is -2.30. The largest absolute Gasteiger partial charge is 0.370 e. The fourth-order valence-electron chi connectivity index (χ4n) is 2.11. The Morgan fingerprint density at radius 3 is 2.41 bits per heavy atom. The molecular weight excluding hydrogens is 243 g/mol. The summed E-state index contributed by atoms with van der Waals surface area (Å²) in [6.45, 7) is 1.48. The van der Waals surface area contributed by atoms with E-state index in [-0.39, 0.29) is 4.90 Å². The fraction of sp³-hybridized carbons (Fsp3) is 0.455. The molecule has 0 spiro atoms. The van der Waals surface area contributed by atoms with Gasteiger partial charge in [-0.2, -0.15) is 0 Å². The normalized spacial score (nSPS) is 17.2. The number of benzene rings is 1. The third-order valence-electron chi connectivity index (χ3n) is 2.92. The van der Waals surface area contributed by atoms with E-state index in [0.29, 0.717) is 5.69 Å². The van der Waals surface area contributed by atoms with E-state index in [1.165, 1.54) is 12.1 Å². The summed E-state index contributed by atoms with van der Waals surface area (Å²) < 4.78 is 36.1. The van der Waals surface area contributed by atoms with Crippen molar-refractivity contribution in [2.45, 2.75) is 24.2 Å². The van der Waals surface area contributed by atoms with Crippen LogP contribution in [0.3, 0.4) is 0 Å². The summed E-state index contributed by atoms with van der Waals surface area (Å²) in [6.07, 6.45) is 3.09. The van der Waals surface area contributed by atoms with Crippen LogP contribution in [0.1, 0.15) is 19.3 Å². The van der Waals surface area contributed by atoms with Crippen LogP contribution in [0.25, 0.3) is 0 Å². The summed E-state index contributed by atoms with van der Waals surface area (Å²) in [5.74, 6) is -0.446. The van der Waals surface area contributed by atoms with Gasteiger partial charge in [-0.05, 0) is 37.5 Å². The average Bonchev–Trinajstić information content (AvgIpc) is 2.28. The highest BCUT2D eigenvalue weighted by Crippen LogP contribution is 2.27. The van der Waals surface area contributed by atoms with Gasteiger partial charge in [0.05, 0.1) is 5.69 Å². The van der Waals surface area contributed by atoms with Crippen LogP contribution in [0, 0.1) is 5.82 Å². The van der Waals surface area contributed by atoms with Crippen LogP contribution in [-0.2, 0) is 10.0 Å². The van der Waals surface area contributed by atoms with Crippen molar-refractivity contribution < 1.29 is 12.8 Å². The quantitative estimate of drug-likeness (QED) is 0.873. The summed E-state index contributed by atoms with van der Waals surface area (Å²) in [5.41, 5.74) is 0.382. The van der Waals surface area contributed by atoms with Gasteiger partial charge in [-0.15, -0.1) is 0 Å². The molecule has 94 valence electrons. The highest BCUT2D eigenvalue weighted by atomic mass is 32.2. The van der Waals surface area contributed by atoms with Gasteiger partial charge < -0.3 is 4.90 Å². The lowest BCUT2D eigenvalue weighted by Crippen LogP contribution is -2.31. The number of primary sulfonamides is 1. The van der Waals surface area contributed by atoms with Crippen LogP contribution in [0.2, 0.25) is 0 Å². The maximum atomic E-state index is 13.2. The monoisotopic (exact) mass is 258 g/mol. The van der Waals surface area contributed by atoms with E-state index < -0.39 is 15.8 Å². The summed E-state index contributed by atoms with van der Waals surface area (Å²) in [5, 5.41) is 5.14. The molecule has 4 nitrogen and oxygen atoms in total. The zero-order chi connectivity index (χ0) is 12.5. The van der Waals surface area contributed by atoms with Crippen molar-refractivity contribution in [1.82, 2.24) is 0 Å². The molecule has 0 aromatic heterocycles. The number of hydrogen-bond acceptors (Lipinski definition) is 3. The predicted octanol–water partition coefficient (Wildman–Crippen LogP) is 1.46. The Morgan fingerprint density at radius 1 is 1.18 bits per heavy atom. The number of halogens is 1. The van der Waals surface area contributed by atoms with E-state index in [9.17, 15) is 12.8 Å². The first-order chi connectivity index (χ1) is 7.98. The minimum absolute atomic E-state index is 0.000741. The van der Waals surface area contributed by atoms with Gasteiger partial charge >= 0.3 is 0 Å². The lowest BCUT2D eigenvalue weighted by molar-refractivity contribution is 0.566. The minimum atomic E-state index is -3.81. The molecule has 0 unspecified atom stereocenters. The molecule has 1 aliphatic rings. The Balaban J connectivity index is 2.46. The van der Waals surface area contributed by atoms with Crippen LogP contribution in [0.5, 0.6) is 0 Å². The lowest BCUT2D eigenvalue weighted by atomic mass is 10.1. The summed E-state index contributed by atoms with van der Waals surface area (Å²) in [7, 11) is -3.81. The number of nitrogens with two attached hydrogens (primary N) is 1. The molecule has 1 aromatic rings. The summed E-state index contributed by atoms with van der Waals surface area (Å²) >= 11 is 0. The van der Waals surface area contributed by atoms with Gasteiger partial charge in [0.1, 0.15) is 10.7 Å². The first-order valence-corrected chi connectivity index (χ1v) is 7.10. The smallest absolute Gasteiger partial charge is 0.240 e. The van der Waals surface area contributed by atoms with Gasteiger partial charge in [-0.1, -0.05) is 0 Å². The molecule has 17 heavy (non-hydrogen) atoms. The highest BCUT2D eigenvalue weighted by molar-refractivity contribution is 7.89. The molecule has 2 N–H and O–H groups in total. The van der Waals surface area contributed by atoms with E-state index in [2.05, 4.69) is 0 Å². The van der Waals surface area contributed by atoms with Crippen LogP contribution in [0.4, 0.5) is 10.1 Å². The molecule has 0 aliphatic carbocycles. The van der Waals surface area contributed by atoms with Crippen LogP contribution >= 0.6 is 0 Å². The molecule has 1 saturated heterocycles. The molecule has 0 atom stereocenters. The second-order valence-electron chi connectivity index (χ2n) is 4.20. The van der Waals surface area contributed by atoms with E-state index >= 15 is 0 Å². The van der Waals surface area contributed by atoms with Crippen LogP contribution in [0.15, 0.2) is 23.1 Å². The van der Waals surface area contributed by atoms with E-state index in [0.717, 1.165) is 38.4 Å². The van der Waals surface area contributed by atoms with Crippen molar-refractivity contribution in [2.75, 3.05) is 18.0 Å². The van der Waals surface area contributed by atoms with Gasteiger partial charge in [0.25, 0.3) is 0 Å². The zero-order valence-corrected chi connectivity index (χ0v) is 10.2. The second kappa shape index (κ2) is 4.62. The number of anilines is 1. The molecular formula is C11H15FN2O2S. The number of sulfonamides is 1. The standard InChI is InChI=1S/C11H15FN2O2S/c12-9-4-5-11(17(13,15)16)10(8-9)14-6-2-1-3-7-14/h4-5,8H,1-3,6-7H2,(H2,13,15,16). The minimum Gasteiger partial charge on any atom is -0.370 e. The van der Waals surface area contributed by atoms with Crippen LogP contribution < -0.4 is 10.0 Å². The first-order valence-electron chi connectivity index (χ1n) is 5.56. The summed E-state index contributed by atoms with van der Waals surface area (Å²) in [4.78, 5) is 1.88. The maximum Gasteiger partial charge on any atom is 0.240 e. The van der Waals surface area contributed by atoms with Crippen molar-refractivity contribution in [2.24, 2.45) is 5.14 Å². The molecule has 6 heteroatoms.